The molecule has 0 unspecified atom stereocenters. The van der Waals surface area contributed by atoms with Crippen LogP contribution < -0.4 is 5.32 Å². The molecule has 0 aliphatic rings. The minimum absolute atomic E-state index is 0.670. The Kier molecular flexibility index (Phi) is 3.59. The molecule has 0 saturated heterocycles. The third-order valence-electron chi connectivity index (χ3n) is 2.00. The van der Waals surface area contributed by atoms with Crippen LogP contribution >= 0.6 is 22.9 Å². The van der Waals surface area contributed by atoms with Crippen LogP contribution in [0.25, 0.3) is 0 Å². The number of anilines is 1. The molecule has 2 nitrogen and oxygen atoms in total. The van der Waals surface area contributed by atoms with E-state index >= 15 is 0 Å². The third-order valence-corrected chi connectivity index (χ3v) is 3.24. The predicted molar refractivity (Wildman–Crippen MR) is 65.8 cm³/mol. The van der Waals surface area contributed by atoms with E-state index in [1.807, 2.05) is 12.1 Å². The highest BCUT2D eigenvalue weighted by Crippen LogP contribution is 2.17. The van der Waals surface area contributed by atoms with Crippen molar-refractivity contribution < 1.29 is 0 Å². The summed E-state index contributed by atoms with van der Waals surface area (Å²) in [5, 5.41) is 5.97. The molecule has 0 aliphatic heterocycles. The molecule has 0 fully saturated rings. The number of nitrogens with one attached hydrogen (secondary N) is 1. The highest BCUT2D eigenvalue weighted by molar-refractivity contribution is 7.09. The number of hydrogen-bond donors (Lipinski definition) is 1. The standard InChI is InChI=1S/C11H11ClN2S/c12-10-4-1-6-13-11(10)14-7-5-9-3-2-8-15-9/h1-4,6,8H,5,7H2,(H,13,14). The first-order valence-electron chi connectivity index (χ1n) is 4.73. The van der Waals surface area contributed by atoms with Crippen molar-refractivity contribution in [2.75, 3.05) is 11.9 Å². The van der Waals surface area contributed by atoms with E-state index in [1.165, 1.54) is 4.88 Å². The van der Waals surface area contributed by atoms with Gasteiger partial charge in [0.1, 0.15) is 5.82 Å². The molecule has 0 spiro atoms. The molecular formula is C11H11ClN2S. The summed E-state index contributed by atoms with van der Waals surface area (Å²) >= 11 is 7.73. The zero-order valence-electron chi connectivity index (χ0n) is 8.11. The molecule has 4 heteroatoms. The molecule has 0 amide bonds. The summed E-state index contributed by atoms with van der Waals surface area (Å²) in [4.78, 5) is 5.53. The van der Waals surface area contributed by atoms with Crippen LogP contribution in [0.1, 0.15) is 4.88 Å². The van der Waals surface area contributed by atoms with Gasteiger partial charge in [0, 0.05) is 17.6 Å². The third kappa shape index (κ3) is 2.94. The molecule has 2 aromatic rings. The zero-order chi connectivity index (χ0) is 10.5. The number of pyridine rings is 1. The first-order chi connectivity index (χ1) is 7.36. The zero-order valence-corrected chi connectivity index (χ0v) is 9.68. The Bertz CT molecular complexity index is 414. The first-order valence-corrected chi connectivity index (χ1v) is 5.99. The molecule has 1 N–H and O–H groups in total. The summed E-state index contributed by atoms with van der Waals surface area (Å²) in [5.41, 5.74) is 0. The summed E-state index contributed by atoms with van der Waals surface area (Å²) in [6.45, 7) is 0.858. The Labute approximate surface area is 97.9 Å². The summed E-state index contributed by atoms with van der Waals surface area (Å²) < 4.78 is 0. The van der Waals surface area contributed by atoms with Crippen LogP contribution in [0.3, 0.4) is 0 Å². The quantitative estimate of drug-likeness (QED) is 0.883. The summed E-state index contributed by atoms with van der Waals surface area (Å²) in [7, 11) is 0. The molecule has 0 aliphatic carbocycles. The van der Waals surface area contributed by atoms with E-state index in [4.69, 9.17) is 11.6 Å². The lowest BCUT2D eigenvalue weighted by atomic mass is 10.3. The van der Waals surface area contributed by atoms with Gasteiger partial charge in [-0.15, -0.1) is 11.3 Å². The smallest absolute Gasteiger partial charge is 0.144 e. The molecule has 0 saturated carbocycles. The van der Waals surface area contributed by atoms with Gasteiger partial charge in [0.2, 0.25) is 0 Å². The summed E-state index contributed by atoms with van der Waals surface area (Å²) in [6.07, 6.45) is 2.74. The Morgan fingerprint density at radius 2 is 2.27 bits per heavy atom. The molecule has 2 aromatic heterocycles. The van der Waals surface area contributed by atoms with Crippen LogP contribution in [-0.2, 0) is 6.42 Å². The Morgan fingerprint density at radius 1 is 1.33 bits per heavy atom. The number of halogens is 1. The number of hydrogen-bond acceptors (Lipinski definition) is 3. The highest BCUT2D eigenvalue weighted by atomic mass is 35.5. The van der Waals surface area contributed by atoms with E-state index in [-0.39, 0.29) is 0 Å². The summed E-state index contributed by atoms with van der Waals surface area (Å²) in [6, 6.07) is 7.86. The second-order valence-corrected chi connectivity index (χ2v) is 4.53. The fourth-order valence-electron chi connectivity index (χ4n) is 1.27. The van der Waals surface area contributed by atoms with Crippen molar-refractivity contribution in [3.63, 3.8) is 0 Å². The van der Waals surface area contributed by atoms with E-state index in [0.717, 1.165) is 18.8 Å². The van der Waals surface area contributed by atoms with Gasteiger partial charge in [-0.2, -0.15) is 0 Å². The van der Waals surface area contributed by atoms with E-state index in [9.17, 15) is 0 Å². The SMILES string of the molecule is Clc1cccnc1NCCc1cccs1. The van der Waals surface area contributed by atoms with Crippen molar-refractivity contribution in [2.45, 2.75) is 6.42 Å². The van der Waals surface area contributed by atoms with Crippen molar-refractivity contribution in [1.82, 2.24) is 4.98 Å². The van der Waals surface area contributed by atoms with Crippen LogP contribution in [-0.4, -0.2) is 11.5 Å². The normalized spacial score (nSPS) is 10.2. The molecule has 0 radical (unpaired) electrons. The second kappa shape index (κ2) is 5.14. The molecule has 0 atom stereocenters. The van der Waals surface area contributed by atoms with Crippen LogP contribution in [0.2, 0.25) is 5.02 Å². The van der Waals surface area contributed by atoms with Crippen molar-refractivity contribution in [2.24, 2.45) is 0 Å². The Balaban J connectivity index is 1.86. The number of rotatable bonds is 4. The van der Waals surface area contributed by atoms with Crippen molar-refractivity contribution in [1.29, 1.82) is 0 Å². The maximum Gasteiger partial charge on any atom is 0.144 e. The fraction of sp³-hybridized carbons (Fsp3) is 0.182. The molecule has 0 aromatic carbocycles. The van der Waals surface area contributed by atoms with Gasteiger partial charge in [-0.3, -0.25) is 0 Å². The van der Waals surface area contributed by atoms with Crippen molar-refractivity contribution >= 4 is 28.8 Å². The number of thiophene rings is 1. The van der Waals surface area contributed by atoms with Gasteiger partial charge >= 0.3 is 0 Å². The minimum atomic E-state index is 0.670. The lowest BCUT2D eigenvalue weighted by Crippen LogP contribution is -2.05. The minimum Gasteiger partial charge on any atom is -0.368 e. The predicted octanol–water partition coefficient (Wildman–Crippen LogP) is 3.45. The molecule has 0 bridgehead atoms. The molecule has 15 heavy (non-hydrogen) atoms. The van der Waals surface area contributed by atoms with Gasteiger partial charge in [-0.05, 0) is 30.0 Å². The average molecular weight is 239 g/mol. The van der Waals surface area contributed by atoms with Crippen LogP contribution in [0.5, 0.6) is 0 Å². The lowest BCUT2D eigenvalue weighted by molar-refractivity contribution is 1.03. The molecular weight excluding hydrogens is 228 g/mol. The van der Waals surface area contributed by atoms with Crippen LogP contribution in [0.4, 0.5) is 5.82 Å². The highest BCUT2D eigenvalue weighted by Gasteiger charge is 1.99. The second-order valence-electron chi connectivity index (χ2n) is 3.09. The largest absolute Gasteiger partial charge is 0.368 e. The van der Waals surface area contributed by atoms with Gasteiger partial charge in [-0.1, -0.05) is 17.7 Å². The maximum atomic E-state index is 5.96. The van der Waals surface area contributed by atoms with Gasteiger partial charge in [0.05, 0.1) is 5.02 Å². The van der Waals surface area contributed by atoms with E-state index in [2.05, 4.69) is 27.8 Å². The molecule has 2 rings (SSSR count). The van der Waals surface area contributed by atoms with E-state index < -0.39 is 0 Å². The van der Waals surface area contributed by atoms with E-state index in [0.29, 0.717) is 5.02 Å². The summed E-state index contributed by atoms with van der Waals surface area (Å²) in [5.74, 6) is 0.760. The van der Waals surface area contributed by atoms with Gasteiger partial charge < -0.3 is 5.32 Å². The van der Waals surface area contributed by atoms with E-state index in [1.54, 1.807) is 17.5 Å². The lowest BCUT2D eigenvalue weighted by Gasteiger charge is -2.05. The van der Waals surface area contributed by atoms with Crippen LogP contribution in [0, 0.1) is 0 Å². The van der Waals surface area contributed by atoms with Gasteiger partial charge in [0.15, 0.2) is 0 Å². The van der Waals surface area contributed by atoms with Crippen molar-refractivity contribution in [3.8, 4) is 0 Å². The molecule has 78 valence electrons. The average Bonchev–Trinajstić information content (AvgIpc) is 2.74. The Hall–Kier alpha value is -1.06. The topological polar surface area (TPSA) is 24.9 Å². The number of nitrogens with zero attached hydrogens (tertiary/aromatic N) is 1. The van der Waals surface area contributed by atoms with Crippen LogP contribution in [0.15, 0.2) is 35.8 Å². The van der Waals surface area contributed by atoms with Gasteiger partial charge in [0.25, 0.3) is 0 Å². The molecule has 2 heterocycles. The first kappa shape index (κ1) is 10.5. The Morgan fingerprint density at radius 3 is 3.00 bits per heavy atom. The van der Waals surface area contributed by atoms with Crippen molar-refractivity contribution in [3.05, 3.63) is 45.7 Å². The monoisotopic (exact) mass is 238 g/mol. The fourth-order valence-corrected chi connectivity index (χ4v) is 2.17. The van der Waals surface area contributed by atoms with Gasteiger partial charge in [-0.25, -0.2) is 4.98 Å². The number of aromatic nitrogens is 1. The maximum absolute atomic E-state index is 5.96.